The maximum Gasteiger partial charge on any atom is 0.199 e. The molecule has 0 radical (unpaired) electrons. The van der Waals surface area contributed by atoms with Crippen LogP contribution in [0.15, 0.2) is 212 Å². The molecular weight excluding hydrogens is 637 g/mol. The van der Waals surface area contributed by atoms with Gasteiger partial charge in [0.15, 0.2) is 10.9 Å². The van der Waals surface area contributed by atoms with Crippen molar-refractivity contribution in [3.05, 3.63) is 212 Å². The number of hydrogen-bond acceptors (Lipinski definition) is 1. The lowest BCUT2D eigenvalue weighted by atomic mass is 10.4. The molecule has 48 heavy (non-hydrogen) atoms. The zero-order valence-corrected chi connectivity index (χ0v) is 29.2. The first kappa shape index (κ1) is 32.1. The van der Waals surface area contributed by atoms with E-state index in [1.54, 1.807) is 0 Å². The molecule has 0 saturated heterocycles. The smallest absolute Gasteiger partial charge is 0.199 e. The van der Waals surface area contributed by atoms with Gasteiger partial charge in [-0.2, -0.15) is 0 Å². The van der Waals surface area contributed by atoms with Gasteiger partial charge in [-0.05, 0) is 57.6 Å². The predicted octanol–water partition coefficient (Wildman–Crippen LogP) is 8.10. The van der Waals surface area contributed by atoms with Gasteiger partial charge in [0.1, 0.15) is 23.2 Å². The summed E-state index contributed by atoms with van der Waals surface area (Å²) in [5.41, 5.74) is 0. The summed E-state index contributed by atoms with van der Waals surface area (Å²) in [6.07, 6.45) is 1.42. The highest BCUT2D eigenvalue weighted by molar-refractivity contribution is 8.16. The average Bonchev–Trinajstić information content (AvgIpc) is 3.18. The highest BCUT2D eigenvalue weighted by Gasteiger charge is 2.71. The van der Waals surface area contributed by atoms with Crippen molar-refractivity contribution in [1.82, 2.24) is 0 Å². The number of rotatable bonds is 11. The normalized spacial score (nSPS) is 11.8. The number of benzene rings is 7. The van der Waals surface area contributed by atoms with Crippen LogP contribution in [0.3, 0.4) is 0 Å². The SMILES string of the molecule is O=CC(P(c1ccccc1)c1ccccc1)(P(c1ccccc1)c1ccccc1)[P+](c1ccccc1)(c1ccccc1)c1ccccc1. The van der Waals surface area contributed by atoms with Crippen molar-refractivity contribution in [3.63, 3.8) is 0 Å². The van der Waals surface area contributed by atoms with Crippen molar-refractivity contribution in [2.75, 3.05) is 0 Å². The van der Waals surface area contributed by atoms with Crippen LogP contribution in [-0.4, -0.2) is 10.9 Å². The Morgan fingerprint density at radius 3 is 0.750 bits per heavy atom. The van der Waals surface area contributed by atoms with Crippen LogP contribution in [0.1, 0.15) is 0 Å². The third-order valence-corrected chi connectivity index (χ3v) is 22.1. The molecule has 0 unspecified atom stereocenters. The Labute approximate surface area is 287 Å². The number of hydrogen-bond donors (Lipinski definition) is 0. The van der Waals surface area contributed by atoms with Crippen molar-refractivity contribution in [1.29, 1.82) is 0 Å². The first-order chi connectivity index (χ1) is 23.8. The summed E-state index contributed by atoms with van der Waals surface area (Å²) < 4.78 is -0.923. The lowest BCUT2D eigenvalue weighted by Crippen LogP contribution is -2.52. The molecule has 1 nitrogen and oxygen atoms in total. The monoisotopic (exact) mass is 673 g/mol. The minimum Gasteiger partial charge on any atom is -0.298 e. The molecule has 0 spiro atoms. The van der Waals surface area contributed by atoms with Crippen LogP contribution < -0.4 is 37.1 Å². The number of aldehydes is 1. The van der Waals surface area contributed by atoms with Gasteiger partial charge in [-0.25, -0.2) is 0 Å². The summed E-state index contributed by atoms with van der Waals surface area (Å²) in [6.45, 7) is 0. The lowest BCUT2D eigenvalue weighted by molar-refractivity contribution is -0.106. The van der Waals surface area contributed by atoms with Gasteiger partial charge < -0.3 is 0 Å². The molecule has 0 saturated carbocycles. The average molecular weight is 674 g/mol. The van der Waals surface area contributed by atoms with E-state index in [1.165, 1.54) is 43.4 Å². The maximum absolute atomic E-state index is 15.4. The standard InChI is InChI=1S/C44H36OP3/c45-36-44(46(37-22-8-1-9-23-37)38-24-10-2-11-25-38,47(39-26-12-3-13-27-39)40-28-14-4-15-29-40)48(41-30-16-5-17-31-41,42-32-18-6-19-33-42)43-34-20-7-21-35-43/h1-36H/q+1. The fraction of sp³-hybridized carbons (Fsp3) is 0.0227. The summed E-state index contributed by atoms with van der Waals surface area (Å²) in [4.78, 5) is 15.4. The Morgan fingerprint density at radius 1 is 0.333 bits per heavy atom. The molecule has 0 fully saturated rings. The molecule has 232 valence electrons. The first-order valence-corrected chi connectivity index (χ1v) is 20.6. The van der Waals surface area contributed by atoms with Gasteiger partial charge in [-0.15, -0.1) is 0 Å². The highest BCUT2D eigenvalue weighted by Crippen LogP contribution is 2.84. The van der Waals surface area contributed by atoms with E-state index in [0.717, 1.165) is 0 Å². The molecule has 4 heteroatoms. The molecule has 0 aliphatic heterocycles. The van der Waals surface area contributed by atoms with Gasteiger partial charge in [-0.1, -0.05) is 176 Å². The molecule has 7 aromatic carbocycles. The van der Waals surface area contributed by atoms with Crippen molar-refractivity contribution in [2.45, 2.75) is 4.64 Å². The molecule has 0 N–H and O–H groups in total. The van der Waals surface area contributed by atoms with Gasteiger partial charge in [-0.3, -0.25) is 4.79 Å². The van der Waals surface area contributed by atoms with Crippen molar-refractivity contribution >= 4 is 66.5 Å². The maximum atomic E-state index is 15.4. The van der Waals surface area contributed by atoms with Crippen molar-refractivity contribution < 1.29 is 4.79 Å². The van der Waals surface area contributed by atoms with Crippen LogP contribution >= 0.6 is 23.1 Å². The molecule has 0 amide bonds. The second-order valence-corrected chi connectivity index (χ2v) is 21.0. The number of carbonyl (C=O) groups excluding carboxylic acids is 1. The molecule has 0 heterocycles. The summed E-state index contributed by atoms with van der Waals surface area (Å²) in [6, 6.07) is 76.1. The second-order valence-electron chi connectivity index (χ2n) is 11.5. The molecule has 0 aromatic heterocycles. The van der Waals surface area contributed by atoms with Crippen molar-refractivity contribution in [2.24, 2.45) is 0 Å². The molecule has 7 aromatic rings. The Bertz CT molecular complexity index is 1770. The van der Waals surface area contributed by atoms with Crippen LogP contribution in [-0.2, 0) is 4.79 Å². The van der Waals surface area contributed by atoms with Gasteiger partial charge in [0.05, 0.1) is 0 Å². The van der Waals surface area contributed by atoms with E-state index in [9.17, 15) is 0 Å². The van der Waals surface area contributed by atoms with Crippen LogP contribution in [0.2, 0.25) is 0 Å². The lowest BCUT2D eigenvalue weighted by Gasteiger charge is -2.50. The van der Waals surface area contributed by atoms with E-state index in [-0.39, 0.29) is 0 Å². The second kappa shape index (κ2) is 14.7. The summed E-state index contributed by atoms with van der Waals surface area (Å²) in [7, 11) is -5.55. The van der Waals surface area contributed by atoms with E-state index in [4.69, 9.17) is 0 Å². The van der Waals surface area contributed by atoms with E-state index in [2.05, 4.69) is 212 Å². The van der Waals surface area contributed by atoms with E-state index < -0.39 is 27.7 Å². The number of carbonyl (C=O) groups is 1. The molecular formula is C44H36OP3+. The molecule has 0 aliphatic rings. The van der Waals surface area contributed by atoms with Crippen LogP contribution in [0.4, 0.5) is 0 Å². The van der Waals surface area contributed by atoms with Crippen LogP contribution in [0, 0.1) is 0 Å². The van der Waals surface area contributed by atoms with E-state index in [0.29, 0.717) is 0 Å². The molecule has 0 aliphatic carbocycles. The summed E-state index contributed by atoms with van der Waals surface area (Å²) >= 11 is 0. The zero-order valence-electron chi connectivity index (χ0n) is 26.5. The minimum absolute atomic E-state index is 0.923. The van der Waals surface area contributed by atoms with Gasteiger partial charge >= 0.3 is 0 Å². The molecule has 0 bridgehead atoms. The summed E-state index contributed by atoms with van der Waals surface area (Å²) in [5.74, 6) is 0. The third kappa shape index (κ3) is 5.68. The van der Waals surface area contributed by atoms with Crippen LogP contribution in [0.25, 0.3) is 0 Å². The minimum atomic E-state index is -2.88. The van der Waals surface area contributed by atoms with Crippen molar-refractivity contribution in [3.8, 4) is 0 Å². The molecule has 0 atom stereocenters. The van der Waals surface area contributed by atoms with E-state index in [1.807, 2.05) is 0 Å². The van der Waals surface area contributed by atoms with Gasteiger partial charge in [0.25, 0.3) is 0 Å². The fourth-order valence-electron chi connectivity index (χ4n) is 6.92. The van der Waals surface area contributed by atoms with Gasteiger partial charge in [0.2, 0.25) is 0 Å². The Kier molecular flexibility index (Phi) is 9.84. The van der Waals surface area contributed by atoms with Gasteiger partial charge in [0, 0.05) is 15.8 Å². The first-order valence-electron chi connectivity index (χ1n) is 16.1. The topological polar surface area (TPSA) is 17.1 Å². The Balaban J connectivity index is 1.78. The Morgan fingerprint density at radius 2 is 0.542 bits per heavy atom. The van der Waals surface area contributed by atoms with Crippen LogP contribution in [0.5, 0.6) is 0 Å². The quantitative estimate of drug-likeness (QED) is 0.100. The predicted molar refractivity (Wildman–Crippen MR) is 212 cm³/mol. The zero-order chi connectivity index (χ0) is 32.7. The molecule has 7 rings (SSSR count). The van der Waals surface area contributed by atoms with E-state index >= 15 is 4.79 Å². The largest absolute Gasteiger partial charge is 0.298 e. The summed E-state index contributed by atoms with van der Waals surface area (Å²) in [5, 5.41) is 8.37. The fourth-order valence-corrected chi connectivity index (χ4v) is 23.2. The Hall–Kier alpha value is -4.50. The third-order valence-electron chi connectivity index (χ3n) is 8.80. The highest BCUT2D eigenvalue weighted by atomic mass is 31.3.